The lowest BCUT2D eigenvalue weighted by Crippen LogP contribution is -2.31. The zero-order valence-corrected chi connectivity index (χ0v) is 14.5. The van der Waals surface area contributed by atoms with Gasteiger partial charge in [-0.1, -0.05) is 24.3 Å². The van der Waals surface area contributed by atoms with E-state index in [1.165, 1.54) is 0 Å². The molecule has 1 aromatic heterocycles. The highest BCUT2D eigenvalue weighted by Gasteiger charge is 2.42. The van der Waals surface area contributed by atoms with Crippen LogP contribution in [0.2, 0.25) is 0 Å². The lowest BCUT2D eigenvalue weighted by atomic mass is 9.95. The van der Waals surface area contributed by atoms with E-state index in [1.54, 1.807) is 47.4 Å². The highest BCUT2D eigenvalue weighted by molar-refractivity contribution is 6.00. The van der Waals surface area contributed by atoms with E-state index in [4.69, 9.17) is 0 Å². The number of hydrogen-bond acceptors (Lipinski definition) is 5. The van der Waals surface area contributed by atoms with Crippen LogP contribution in [0, 0.1) is 0 Å². The molecule has 0 radical (unpaired) electrons. The molecule has 1 aliphatic rings. The number of amides is 1. The van der Waals surface area contributed by atoms with Crippen molar-refractivity contribution in [3.63, 3.8) is 0 Å². The Labute approximate surface area is 155 Å². The minimum absolute atomic E-state index is 0.0327. The van der Waals surface area contributed by atoms with E-state index in [1.807, 2.05) is 6.07 Å². The maximum atomic E-state index is 12.9. The first kappa shape index (κ1) is 17.1. The summed E-state index contributed by atoms with van der Waals surface area (Å²) in [5, 5.41) is 36.5. The normalized spacial score (nSPS) is 16.0. The number of carbonyl (C=O) groups is 1. The number of carbonyl (C=O) groups excluding carboxylic acids is 1. The van der Waals surface area contributed by atoms with Gasteiger partial charge in [-0.25, -0.2) is 0 Å². The summed E-state index contributed by atoms with van der Waals surface area (Å²) in [5.74, 6) is -0.0493. The number of rotatable bonds is 5. The third-order valence-corrected chi connectivity index (χ3v) is 4.77. The summed E-state index contributed by atoms with van der Waals surface area (Å²) in [6.07, 6.45) is 0.435. The van der Waals surface area contributed by atoms with E-state index in [-0.39, 0.29) is 24.0 Å². The Morgan fingerprint density at radius 1 is 1.11 bits per heavy atom. The number of aromatic nitrogens is 2. The molecule has 0 unspecified atom stereocenters. The molecule has 0 saturated carbocycles. The predicted octanol–water partition coefficient (Wildman–Crippen LogP) is 2.42. The maximum Gasteiger partial charge on any atom is 0.273 e. The van der Waals surface area contributed by atoms with Gasteiger partial charge in [0.15, 0.2) is 0 Å². The molecule has 0 fully saturated rings. The fourth-order valence-corrected chi connectivity index (χ4v) is 3.59. The van der Waals surface area contributed by atoms with Crippen LogP contribution in [0.5, 0.6) is 11.5 Å². The van der Waals surface area contributed by atoms with Gasteiger partial charge < -0.3 is 20.2 Å². The fourth-order valence-electron chi connectivity index (χ4n) is 3.59. The Morgan fingerprint density at radius 3 is 2.67 bits per heavy atom. The van der Waals surface area contributed by atoms with Crippen molar-refractivity contribution in [3.8, 4) is 22.8 Å². The molecule has 0 bridgehead atoms. The van der Waals surface area contributed by atoms with Crippen molar-refractivity contribution >= 4 is 5.91 Å². The molecule has 2 aromatic carbocycles. The second kappa shape index (κ2) is 6.77. The highest BCUT2D eigenvalue weighted by atomic mass is 16.3. The number of phenols is 2. The first-order valence-corrected chi connectivity index (χ1v) is 8.69. The van der Waals surface area contributed by atoms with Gasteiger partial charge in [-0.05, 0) is 36.2 Å². The van der Waals surface area contributed by atoms with E-state index < -0.39 is 6.04 Å². The molecule has 4 N–H and O–H groups in total. The molecule has 1 aliphatic heterocycles. The van der Waals surface area contributed by atoms with Crippen molar-refractivity contribution in [2.24, 2.45) is 0 Å². The Kier molecular flexibility index (Phi) is 4.29. The summed E-state index contributed by atoms with van der Waals surface area (Å²) in [5.41, 5.74) is 2.77. The number of nitrogens with zero attached hydrogens (tertiary/aromatic N) is 2. The van der Waals surface area contributed by atoms with E-state index in [0.29, 0.717) is 35.5 Å². The molecule has 2 heterocycles. The number of aromatic hydroxyl groups is 2. The van der Waals surface area contributed by atoms with Crippen molar-refractivity contribution in [1.29, 1.82) is 0 Å². The minimum atomic E-state index is -0.473. The number of aliphatic hydroxyl groups is 1. The molecule has 138 valence electrons. The van der Waals surface area contributed by atoms with Crippen molar-refractivity contribution in [2.75, 3.05) is 13.2 Å². The number of aliphatic hydroxyl groups excluding tert-OH is 1. The van der Waals surface area contributed by atoms with Crippen LogP contribution in [0.25, 0.3) is 11.3 Å². The summed E-state index contributed by atoms with van der Waals surface area (Å²) in [6, 6.07) is 13.1. The van der Waals surface area contributed by atoms with Gasteiger partial charge in [0.2, 0.25) is 0 Å². The first-order valence-electron chi connectivity index (χ1n) is 8.69. The first-order chi connectivity index (χ1) is 13.1. The van der Waals surface area contributed by atoms with Gasteiger partial charge in [0.1, 0.15) is 22.9 Å². The van der Waals surface area contributed by atoms with Crippen LogP contribution in [0.15, 0.2) is 48.5 Å². The molecule has 1 atom stereocenters. The molecule has 0 spiro atoms. The Morgan fingerprint density at radius 2 is 1.93 bits per heavy atom. The minimum Gasteiger partial charge on any atom is -0.508 e. The molecule has 1 amide bonds. The SMILES string of the molecule is O=C1c2[nH]nc(-c3ccccc3O)c2[C@H](c2cccc(O)c2)N1CCCO. The fraction of sp³-hybridized carbons (Fsp3) is 0.200. The van der Waals surface area contributed by atoms with Crippen LogP contribution in [-0.2, 0) is 0 Å². The van der Waals surface area contributed by atoms with Gasteiger partial charge in [0.05, 0.1) is 6.04 Å². The molecule has 27 heavy (non-hydrogen) atoms. The molecular weight excluding hydrogens is 346 g/mol. The monoisotopic (exact) mass is 365 g/mol. The second-order valence-corrected chi connectivity index (χ2v) is 6.45. The Bertz CT molecular complexity index is 998. The number of aromatic amines is 1. The largest absolute Gasteiger partial charge is 0.508 e. The molecule has 4 rings (SSSR count). The van der Waals surface area contributed by atoms with E-state index in [2.05, 4.69) is 10.2 Å². The Balaban J connectivity index is 1.89. The zero-order valence-electron chi connectivity index (χ0n) is 14.5. The van der Waals surface area contributed by atoms with Gasteiger partial charge in [0.25, 0.3) is 5.91 Å². The number of para-hydroxylation sites is 1. The maximum absolute atomic E-state index is 12.9. The molecule has 7 heteroatoms. The van der Waals surface area contributed by atoms with Crippen molar-refractivity contribution in [2.45, 2.75) is 12.5 Å². The van der Waals surface area contributed by atoms with Gasteiger partial charge in [-0.3, -0.25) is 9.89 Å². The average molecular weight is 365 g/mol. The lowest BCUT2D eigenvalue weighted by Gasteiger charge is -2.26. The van der Waals surface area contributed by atoms with Crippen molar-refractivity contribution in [1.82, 2.24) is 15.1 Å². The molecule has 7 nitrogen and oxygen atoms in total. The summed E-state index contributed by atoms with van der Waals surface area (Å²) in [4.78, 5) is 14.6. The summed E-state index contributed by atoms with van der Waals surface area (Å²) < 4.78 is 0. The molecule has 3 aromatic rings. The van der Waals surface area contributed by atoms with Crippen LogP contribution in [0.1, 0.15) is 34.1 Å². The highest BCUT2D eigenvalue weighted by Crippen LogP contribution is 2.44. The number of hydrogen-bond donors (Lipinski definition) is 4. The van der Waals surface area contributed by atoms with Crippen LogP contribution in [0.3, 0.4) is 0 Å². The van der Waals surface area contributed by atoms with E-state index >= 15 is 0 Å². The number of phenolic OH excluding ortho intramolecular Hbond substituents is 2. The van der Waals surface area contributed by atoms with Gasteiger partial charge in [-0.15, -0.1) is 0 Å². The number of H-pyrrole nitrogens is 1. The third kappa shape index (κ3) is 2.82. The number of fused-ring (bicyclic) bond motifs is 1. The van der Waals surface area contributed by atoms with Gasteiger partial charge >= 0.3 is 0 Å². The Hall–Kier alpha value is -3.32. The molecule has 0 aliphatic carbocycles. The topological polar surface area (TPSA) is 110 Å². The number of benzene rings is 2. The third-order valence-electron chi connectivity index (χ3n) is 4.77. The summed E-state index contributed by atoms with van der Waals surface area (Å²) >= 11 is 0. The van der Waals surface area contributed by atoms with E-state index in [9.17, 15) is 20.1 Å². The van der Waals surface area contributed by atoms with E-state index in [0.717, 1.165) is 5.56 Å². The van der Waals surface area contributed by atoms with Gasteiger partial charge in [-0.2, -0.15) is 5.10 Å². The van der Waals surface area contributed by atoms with Crippen LogP contribution < -0.4 is 0 Å². The van der Waals surface area contributed by atoms with Crippen LogP contribution >= 0.6 is 0 Å². The smallest absolute Gasteiger partial charge is 0.273 e. The van der Waals surface area contributed by atoms with Crippen molar-refractivity contribution < 1.29 is 20.1 Å². The second-order valence-electron chi connectivity index (χ2n) is 6.45. The number of nitrogens with one attached hydrogen (secondary N) is 1. The average Bonchev–Trinajstić information content (AvgIpc) is 3.20. The molecular formula is C20H19N3O4. The zero-order chi connectivity index (χ0) is 19.0. The van der Waals surface area contributed by atoms with Gasteiger partial charge in [0, 0.05) is 24.3 Å². The summed E-state index contributed by atoms with van der Waals surface area (Å²) in [7, 11) is 0. The standard InChI is InChI=1S/C20H19N3O4/c24-10-4-9-23-19(12-5-3-6-13(25)11-12)16-17(21-22-18(16)20(23)27)14-7-1-2-8-15(14)26/h1-3,5-8,11,19,24-26H,4,9-10H2,(H,21,22)/t19-/m0/s1. The quantitative estimate of drug-likeness (QED) is 0.555. The van der Waals surface area contributed by atoms with Crippen molar-refractivity contribution in [3.05, 3.63) is 65.4 Å². The molecule has 0 saturated heterocycles. The lowest BCUT2D eigenvalue weighted by molar-refractivity contribution is 0.0732. The summed E-state index contributed by atoms with van der Waals surface area (Å²) in [6.45, 7) is 0.327. The predicted molar refractivity (Wildman–Crippen MR) is 98.4 cm³/mol. The van der Waals surface area contributed by atoms with Crippen LogP contribution in [-0.4, -0.2) is 49.5 Å². The van der Waals surface area contributed by atoms with Crippen LogP contribution in [0.4, 0.5) is 0 Å².